The van der Waals surface area contributed by atoms with Crippen molar-refractivity contribution >= 4 is 34.4 Å². The number of hydrogen-bond donors (Lipinski definition) is 0. The second-order valence-electron chi connectivity index (χ2n) is 2.73. The number of thiocarbonyl (C=S) groups is 1. The monoisotopic (exact) mass is 219 g/mol. The predicted molar refractivity (Wildman–Crippen MR) is 58.0 cm³/mol. The van der Waals surface area contributed by atoms with Gasteiger partial charge in [-0.05, 0) is 6.42 Å². The molecule has 1 aliphatic heterocycles. The van der Waals surface area contributed by atoms with Gasteiger partial charge in [0.1, 0.15) is 4.32 Å². The third-order valence-electron chi connectivity index (χ3n) is 1.70. The fourth-order valence-electron chi connectivity index (χ4n) is 0.941. The number of amides is 1. The SMILES string of the molecule is CCCCOC(=O)N1CCSC1=S. The van der Waals surface area contributed by atoms with Gasteiger partial charge in [-0.3, -0.25) is 4.90 Å². The molecule has 1 fully saturated rings. The van der Waals surface area contributed by atoms with E-state index in [1.165, 1.54) is 16.7 Å². The van der Waals surface area contributed by atoms with E-state index >= 15 is 0 Å². The number of unbranched alkanes of at least 4 members (excludes halogenated alkanes) is 1. The first kappa shape index (κ1) is 10.8. The highest BCUT2D eigenvalue weighted by Gasteiger charge is 2.24. The average molecular weight is 219 g/mol. The van der Waals surface area contributed by atoms with E-state index in [0.29, 0.717) is 17.5 Å². The summed E-state index contributed by atoms with van der Waals surface area (Å²) in [5, 5.41) is 0. The van der Waals surface area contributed by atoms with Crippen molar-refractivity contribution in [2.45, 2.75) is 19.8 Å². The lowest BCUT2D eigenvalue weighted by Gasteiger charge is -2.13. The summed E-state index contributed by atoms with van der Waals surface area (Å²) in [5.74, 6) is 0.891. The Morgan fingerprint density at radius 3 is 3.08 bits per heavy atom. The van der Waals surface area contributed by atoms with Gasteiger partial charge in [0.15, 0.2) is 0 Å². The zero-order valence-corrected chi connectivity index (χ0v) is 9.25. The standard InChI is InChI=1S/C8H13NO2S2/c1-2-3-5-11-7(10)9-4-6-13-8(9)12/h2-6H2,1H3. The predicted octanol–water partition coefficient (Wildman–Crippen LogP) is 2.26. The van der Waals surface area contributed by atoms with Gasteiger partial charge >= 0.3 is 6.09 Å². The minimum atomic E-state index is -0.288. The molecule has 0 N–H and O–H groups in total. The maximum atomic E-state index is 11.3. The van der Waals surface area contributed by atoms with Crippen LogP contribution in [0.5, 0.6) is 0 Å². The van der Waals surface area contributed by atoms with Gasteiger partial charge in [-0.15, -0.1) is 0 Å². The maximum absolute atomic E-state index is 11.3. The van der Waals surface area contributed by atoms with Gasteiger partial charge < -0.3 is 4.74 Å². The largest absolute Gasteiger partial charge is 0.449 e. The summed E-state index contributed by atoms with van der Waals surface area (Å²) in [6, 6.07) is 0. The Bertz CT molecular complexity index is 208. The molecular formula is C8H13NO2S2. The van der Waals surface area contributed by atoms with Crippen LogP contribution in [0, 0.1) is 0 Å². The van der Waals surface area contributed by atoms with E-state index in [0.717, 1.165) is 18.6 Å². The lowest BCUT2D eigenvalue weighted by Crippen LogP contribution is -2.31. The molecule has 0 spiro atoms. The quantitative estimate of drug-likeness (QED) is 0.538. The molecule has 1 amide bonds. The average Bonchev–Trinajstić information content (AvgIpc) is 2.52. The van der Waals surface area contributed by atoms with Crippen LogP contribution in [-0.4, -0.2) is 34.2 Å². The molecule has 1 aliphatic rings. The highest BCUT2D eigenvalue weighted by Crippen LogP contribution is 2.18. The Balaban J connectivity index is 2.26. The van der Waals surface area contributed by atoms with E-state index in [9.17, 15) is 4.79 Å². The van der Waals surface area contributed by atoms with Gasteiger partial charge in [0.05, 0.1) is 6.61 Å². The molecule has 13 heavy (non-hydrogen) atoms. The Kier molecular flexibility index (Phi) is 4.52. The van der Waals surface area contributed by atoms with Crippen molar-refractivity contribution in [3.63, 3.8) is 0 Å². The van der Waals surface area contributed by atoms with Crippen LogP contribution >= 0.6 is 24.0 Å². The molecule has 3 nitrogen and oxygen atoms in total. The minimum Gasteiger partial charge on any atom is -0.449 e. The highest BCUT2D eigenvalue weighted by molar-refractivity contribution is 8.23. The summed E-state index contributed by atoms with van der Waals surface area (Å²) in [6.45, 7) is 3.25. The third-order valence-corrected chi connectivity index (χ3v) is 3.13. The van der Waals surface area contributed by atoms with Crippen molar-refractivity contribution in [3.05, 3.63) is 0 Å². The molecule has 0 aliphatic carbocycles. The minimum absolute atomic E-state index is 0.288. The highest BCUT2D eigenvalue weighted by atomic mass is 32.2. The molecule has 0 aromatic carbocycles. The molecule has 0 radical (unpaired) electrons. The van der Waals surface area contributed by atoms with Crippen LogP contribution in [0.4, 0.5) is 4.79 Å². The van der Waals surface area contributed by atoms with Crippen molar-refractivity contribution in [2.75, 3.05) is 18.9 Å². The summed E-state index contributed by atoms with van der Waals surface area (Å²) in [6.07, 6.45) is 1.66. The van der Waals surface area contributed by atoms with Crippen molar-refractivity contribution in [3.8, 4) is 0 Å². The zero-order valence-electron chi connectivity index (χ0n) is 7.62. The first-order valence-corrected chi connectivity index (χ1v) is 5.76. The van der Waals surface area contributed by atoms with Gasteiger partial charge in [-0.1, -0.05) is 37.3 Å². The smallest absolute Gasteiger partial charge is 0.415 e. The van der Waals surface area contributed by atoms with Gasteiger partial charge in [0, 0.05) is 12.3 Å². The van der Waals surface area contributed by atoms with Gasteiger partial charge in [0.2, 0.25) is 0 Å². The van der Waals surface area contributed by atoms with Gasteiger partial charge in [0.25, 0.3) is 0 Å². The van der Waals surface area contributed by atoms with Crippen LogP contribution in [0.1, 0.15) is 19.8 Å². The van der Waals surface area contributed by atoms with Crippen LogP contribution in [-0.2, 0) is 4.74 Å². The van der Waals surface area contributed by atoms with E-state index in [-0.39, 0.29) is 6.09 Å². The Morgan fingerprint density at radius 1 is 1.77 bits per heavy atom. The fourth-order valence-corrected chi connectivity index (χ4v) is 2.13. The van der Waals surface area contributed by atoms with Crippen LogP contribution in [0.2, 0.25) is 0 Å². The summed E-state index contributed by atoms with van der Waals surface area (Å²) < 4.78 is 5.66. The van der Waals surface area contributed by atoms with E-state index in [2.05, 4.69) is 6.92 Å². The Hall–Kier alpha value is -0.290. The number of rotatable bonds is 3. The first-order chi connectivity index (χ1) is 6.25. The summed E-state index contributed by atoms with van der Waals surface area (Å²) >= 11 is 6.51. The molecule has 74 valence electrons. The van der Waals surface area contributed by atoms with Crippen LogP contribution < -0.4 is 0 Å². The molecular weight excluding hydrogens is 206 g/mol. The van der Waals surface area contributed by atoms with E-state index < -0.39 is 0 Å². The Labute approximate surface area is 87.8 Å². The fraction of sp³-hybridized carbons (Fsp3) is 0.750. The van der Waals surface area contributed by atoms with Crippen LogP contribution in [0.25, 0.3) is 0 Å². The van der Waals surface area contributed by atoms with Crippen molar-refractivity contribution in [2.24, 2.45) is 0 Å². The normalized spacial score (nSPS) is 16.4. The first-order valence-electron chi connectivity index (χ1n) is 4.36. The second kappa shape index (κ2) is 5.44. The zero-order chi connectivity index (χ0) is 9.68. The maximum Gasteiger partial charge on any atom is 0.415 e. The molecule has 1 saturated heterocycles. The lowest BCUT2D eigenvalue weighted by molar-refractivity contribution is 0.124. The molecule has 0 aromatic rings. The number of ether oxygens (including phenoxy) is 1. The Morgan fingerprint density at radius 2 is 2.54 bits per heavy atom. The topological polar surface area (TPSA) is 29.5 Å². The van der Waals surface area contributed by atoms with E-state index in [1.54, 1.807) is 0 Å². The third kappa shape index (κ3) is 3.15. The van der Waals surface area contributed by atoms with Gasteiger partial charge in [-0.2, -0.15) is 0 Å². The summed E-state index contributed by atoms with van der Waals surface area (Å²) in [5.41, 5.74) is 0. The number of thioether (sulfide) groups is 1. The second-order valence-corrected chi connectivity index (χ2v) is 4.46. The molecule has 0 atom stereocenters. The van der Waals surface area contributed by atoms with Crippen LogP contribution in [0.3, 0.4) is 0 Å². The molecule has 0 unspecified atom stereocenters. The molecule has 0 saturated carbocycles. The number of carbonyl (C=O) groups is 1. The molecule has 5 heteroatoms. The van der Waals surface area contributed by atoms with Crippen LogP contribution in [0.15, 0.2) is 0 Å². The number of nitrogens with zero attached hydrogens (tertiary/aromatic N) is 1. The van der Waals surface area contributed by atoms with Gasteiger partial charge in [-0.25, -0.2) is 4.79 Å². The molecule has 1 heterocycles. The van der Waals surface area contributed by atoms with E-state index in [4.69, 9.17) is 17.0 Å². The molecule has 0 aromatic heterocycles. The van der Waals surface area contributed by atoms with Crippen molar-refractivity contribution < 1.29 is 9.53 Å². The molecule has 0 bridgehead atoms. The molecule has 1 rings (SSSR count). The lowest BCUT2D eigenvalue weighted by atomic mass is 10.4. The number of carbonyl (C=O) groups excluding carboxylic acids is 1. The van der Waals surface area contributed by atoms with E-state index in [1.807, 2.05) is 0 Å². The number of hydrogen-bond acceptors (Lipinski definition) is 4. The van der Waals surface area contributed by atoms with Crippen molar-refractivity contribution in [1.82, 2.24) is 4.90 Å². The summed E-state index contributed by atoms with van der Waals surface area (Å²) in [7, 11) is 0. The van der Waals surface area contributed by atoms with Crippen molar-refractivity contribution in [1.29, 1.82) is 0 Å². The summed E-state index contributed by atoms with van der Waals surface area (Å²) in [4.78, 5) is 12.9.